The Kier molecular flexibility index (Phi) is 4.25. The number of benzene rings is 1. The van der Waals surface area contributed by atoms with Crippen LogP contribution in [0.1, 0.15) is 22.8 Å². The molecule has 5 heteroatoms. The third-order valence-corrected chi connectivity index (χ3v) is 5.57. The van der Waals surface area contributed by atoms with Crippen LogP contribution in [0.2, 0.25) is 0 Å². The zero-order valence-electron chi connectivity index (χ0n) is 17.5. The Balaban J connectivity index is 1.70. The van der Waals surface area contributed by atoms with Gasteiger partial charge in [-0.05, 0) is 84.5 Å². The summed E-state index contributed by atoms with van der Waals surface area (Å²) >= 11 is 0. The van der Waals surface area contributed by atoms with E-state index in [1.807, 2.05) is 54.6 Å². The van der Waals surface area contributed by atoms with E-state index in [0.717, 1.165) is 61.7 Å². The first-order chi connectivity index (χ1) is 15.7. The maximum atomic E-state index is 5.47. The quantitative estimate of drug-likeness (QED) is 0.346. The molecule has 0 aliphatic carbocycles. The Labute approximate surface area is 184 Å². The smallest absolute Gasteiger partial charge is 0.119 e. The lowest BCUT2D eigenvalue weighted by Gasteiger charge is -2.07. The minimum absolute atomic E-state index is 0.799. The lowest BCUT2D eigenvalue weighted by molar-refractivity contribution is 0.415. The van der Waals surface area contributed by atoms with E-state index in [2.05, 4.69) is 46.4 Å². The number of aromatic amines is 2. The van der Waals surface area contributed by atoms with Gasteiger partial charge >= 0.3 is 0 Å². The van der Waals surface area contributed by atoms with E-state index in [9.17, 15) is 0 Å². The van der Waals surface area contributed by atoms with E-state index in [0.29, 0.717) is 0 Å². The van der Waals surface area contributed by atoms with Crippen molar-refractivity contribution < 1.29 is 4.74 Å². The number of fused-ring (bicyclic) bond motifs is 8. The van der Waals surface area contributed by atoms with Crippen LogP contribution in [0.15, 0.2) is 66.7 Å². The zero-order valence-corrected chi connectivity index (χ0v) is 17.5. The summed E-state index contributed by atoms with van der Waals surface area (Å²) in [6.07, 6.45) is 8.16. The van der Waals surface area contributed by atoms with Crippen molar-refractivity contribution in [2.75, 3.05) is 7.11 Å². The summed E-state index contributed by atoms with van der Waals surface area (Å²) in [7, 11) is 1.68. The van der Waals surface area contributed by atoms with Gasteiger partial charge in [-0.15, -0.1) is 0 Å². The van der Waals surface area contributed by atoms with Gasteiger partial charge in [-0.25, -0.2) is 9.97 Å². The molecule has 0 saturated carbocycles. The van der Waals surface area contributed by atoms with E-state index >= 15 is 0 Å². The molecule has 5 nitrogen and oxygen atoms in total. The fourth-order valence-corrected chi connectivity index (χ4v) is 4.08. The van der Waals surface area contributed by atoms with E-state index in [-0.39, 0.29) is 0 Å². The fraction of sp³-hybridized carbons (Fsp3) is 0.0370. The summed E-state index contributed by atoms with van der Waals surface area (Å²) in [6.45, 7) is 0. The highest BCUT2D eigenvalue weighted by molar-refractivity contribution is 5.89. The highest BCUT2D eigenvalue weighted by Gasteiger charge is 2.14. The maximum absolute atomic E-state index is 5.47. The van der Waals surface area contributed by atoms with Crippen molar-refractivity contribution in [2.45, 2.75) is 0 Å². The first-order valence-corrected chi connectivity index (χ1v) is 10.5. The molecule has 3 aromatic heterocycles. The predicted molar refractivity (Wildman–Crippen MR) is 131 cm³/mol. The van der Waals surface area contributed by atoms with Crippen LogP contribution in [-0.4, -0.2) is 27.0 Å². The van der Waals surface area contributed by atoms with E-state index in [1.54, 1.807) is 7.11 Å². The second-order valence-corrected chi connectivity index (χ2v) is 7.79. The number of nitrogens with zero attached hydrogens (tertiary/aromatic N) is 2. The van der Waals surface area contributed by atoms with Crippen LogP contribution in [0.25, 0.3) is 57.5 Å². The van der Waals surface area contributed by atoms with Gasteiger partial charge in [-0.2, -0.15) is 0 Å². The molecule has 2 aliphatic heterocycles. The Morgan fingerprint density at radius 3 is 1.75 bits per heavy atom. The molecule has 6 rings (SSSR count). The summed E-state index contributed by atoms with van der Waals surface area (Å²) in [6, 6.07) is 22.5. The first-order valence-electron chi connectivity index (χ1n) is 10.5. The number of H-pyrrole nitrogens is 2. The molecule has 4 aromatic rings. The molecule has 0 radical (unpaired) electrons. The van der Waals surface area contributed by atoms with Crippen LogP contribution in [0.5, 0.6) is 5.75 Å². The minimum atomic E-state index is 0.799. The highest BCUT2D eigenvalue weighted by Crippen LogP contribution is 2.32. The third-order valence-electron chi connectivity index (χ3n) is 5.57. The highest BCUT2D eigenvalue weighted by atomic mass is 16.5. The molecular weight excluding hydrogens is 396 g/mol. The van der Waals surface area contributed by atoms with Gasteiger partial charge in [0.1, 0.15) is 5.75 Å². The van der Waals surface area contributed by atoms with Crippen LogP contribution < -0.4 is 4.74 Å². The van der Waals surface area contributed by atoms with Crippen LogP contribution >= 0.6 is 0 Å². The lowest BCUT2D eigenvalue weighted by atomic mass is 10.0. The van der Waals surface area contributed by atoms with Crippen LogP contribution in [-0.2, 0) is 0 Å². The molecule has 2 aliphatic rings. The Morgan fingerprint density at radius 1 is 0.625 bits per heavy atom. The molecule has 5 heterocycles. The summed E-state index contributed by atoms with van der Waals surface area (Å²) in [5.41, 5.74) is 9.58. The summed E-state index contributed by atoms with van der Waals surface area (Å²) in [4.78, 5) is 16.7. The molecule has 0 unspecified atom stereocenters. The number of nitrogens with one attached hydrogen (secondary N) is 2. The van der Waals surface area contributed by atoms with Gasteiger partial charge in [0.15, 0.2) is 0 Å². The second-order valence-electron chi connectivity index (χ2n) is 7.79. The zero-order chi connectivity index (χ0) is 21.5. The second kappa shape index (κ2) is 7.39. The maximum Gasteiger partial charge on any atom is 0.119 e. The third kappa shape index (κ3) is 3.40. The normalized spacial score (nSPS) is 12.3. The summed E-state index contributed by atoms with van der Waals surface area (Å²) < 4.78 is 5.47. The molecule has 2 N–H and O–H groups in total. The largest absolute Gasteiger partial charge is 0.497 e. The van der Waals surface area contributed by atoms with Crippen LogP contribution in [0.4, 0.5) is 0 Å². The first kappa shape index (κ1) is 18.4. The minimum Gasteiger partial charge on any atom is -0.497 e. The van der Waals surface area contributed by atoms with Crippen LogP contribution in [0, 0.1) is 0 Å². The molecule has 1 aromatic carbocycles. The van der Waals surface area contributed by atoms with Gasteiger partial charge in [0.05, 0.1) is 29.9 Å². The number of rotatable bonds is 2. The number of methoxy groups -OCH3 is 1. The van der Waals surface area contributed by atoms with Crippen molar-refractivity contribution in [3.63, 3.8) is 0 Å². The van der Waals surface area contributed by atoms with Crippen molar-refractivity contribution in [3.8, 4) is 16.9 Å². The average molecular weight is 416 g/mol. The van der Waals surface area contributed by atoms with E-state index in [4.69, 9.17) is 14.7 Å². The van der Waals surface area contributed by atoms with Crippen molar-refractivity contribution in [1.82, 2.24) is 19.9 Å². The molecule has 0 saturated heterocycles. The van der Waals surface area contributed by atoms with Gasteiger partial charge < -0.3 is 14.7 Å². The average Bonchev–Trinajstić information content (AvgIpc) is 3.60. The Morgan fingerprint density at radius 2 is 1.19 bits per heavy atom. The van der Waals surface area contributed by atoms with Crippen molar-refractivity contribution in [2.24, 2.45) is 0 Å². The van der Waals surface area contributed by atoms with Gasteiger partial charge in [0.25, 0.3) is 0 Å². The standard InChI is InChI=1S/C27H20N4O/c1-32-24-4-2-3-17(13-24)27-25-11-9-22(30-25)15-20-7-5-18(28-20)14-19-6-8-21(29-19)16-23-10-12-26(27)31-23/h2-16,28-29H,1H3. The number of hydrogen-bond acceptors (Lipinski definition) is 3. The van der Waals surface area contributed by atoms with Crippen LogP contribution in [0.3, 0.4) is 0 Å². The molecule has 8 bridgehead atoms. The lowest BCUT2D eigenvalue weighted by Crippen LogP contribution is -1.90. The molecular formula is C27H20N4O. The van der Waals surface area contributed by atoms with Crippen molar-refractivity contribution in [3.05, 3.63) is 89.5 Å². The molecule has 32 heavy (non-hydrogen) atoms. The summed E-state index contributed by atoms with van der Waals surface area (Å²) in [5, 5.41) is 0. The molecule has 0 amide bonds. The summed E-state index contributed by atoms with van der Waals surface area (Å²) in [5.74, 6) is 0.799. The number of aromatic nitrogens is 4. The van der Waals surface area contributed by atoms with Gasteiger partial charge in [0, 0.05) is 27.6 Å². The topological polar surface area (TPSA) is 66.6 Å². The fourth-order valence-electron chi connectivity index (χ4n) is 4.08. The molecule has 154 valence electrons. The monoisotopic (exact) mass is 416 g/mol. The molecule has 0 atom stereocenters. The van der Waals surface area contributed by atoms with Gasteiger partial charge in [-0.1, -0.05) is 12.1 Å². The number of ether oxygens (including phenoxy) is 1. The van der Waals surface area contributed by atoms with Crippen molar-refractivity contribution in [1.29, 1.82) is 0 Å². The Hall–Kier alpha value is -4.38. The van der Waals surface area contributed by atoms with Crippen molar-refractivity contribution >= 4 is 46.4 Å². The van der Waals surface area contributed by atoms with Gasteiger partial charge in [0.2, 0.25) is 0 Å². The number of hydrogen-bond donors (Lipinski definition) is 2. The predicted octanol–water partition coefficient (Wildman–Crippen LogP) is 6.33. The van der Waals surface area contributed by atoms with E-state index < -0.39 is 0 Å². The van der Waals surface area contributed by atoms with E-state index in [1.165, 1.54) is 0 Å². The Bertz CT molecular complexity index is 1480. The molecule has 0 fully saturated rings. The SMILES string of the molecule is COc1cccc(-c2c3nc(cc4ccc(cc5ccc(cc6nc2C=C6)[nH]5)[nH]4)C=C3)c1. The molecule has 0 spiro atoms. The van der Waals surface area contributed by atoms with Gasteiger partial charge in [-0.3, -0.25) is 0 Å².